The summed E-state index contributed by atoms with van der Waals surface area (Å²) in [5, 5.41) is 11.6. The van der Waals surface area contributed by atoms with E-state index >= 15 is 0 Å². The van der Waals surface area contributed by atoms with Crippen molar-refractivity contribution in [3.05, 3.63) is 53.6 Å². The smallest absolute Gasteiger partial charge is 0.872 e. The van der Waals surface area contributed by atoms with Gasteiger partial charge in [0.05, 0.1) is 0 Å². The number of aryl methyl sites for hydroxylation is 2. The summed E-state index contributed by atoms with van der Waals surface area (Å²) in [6.45, 7) is 4.09. The summed E-state index contributed by atoms with van der Waals surface area (Å²) in [7, 11) is 0. The quantitative estimate of drug-likeness (QED) is 0.602. The second-order valence-corrected chi connectivity index (χ2v) is 3.87. The molecule has 1 nitrogen and oxygen atoms in total. The van der Waals surface area contributed by atoms with Gasteiger partial charge in [0.25, 0.3) is 0 Å². The molecule has 0 radical (unpaired) electrons. The first kappa shape index (κ1) is 12.9. The van der Waals surface area contributed by atoms with Crippen molar-refractivity contribution >= 4 is 0 Å². The molecule has 0 bridgehead atoms. The number of rotatable bonds is 1. The van der Waals surface area contributed by atoms with Gasteiger partial charge in [-0.1, -0.05) is 53.6 Å². The zero-order valence-electron chi connectivity index (χ0n) is 9.95. The molecule has 0 atom stereocenters. The molecule has 0 unspecified atom stereocenters. The van der Waals surface area contributed by atoms with Gasteiger partial charge in [-0.05, 0) is 25.0 Å². The van der Waals surface area contributed by atoms with Crippen molar-refractivity contribution in [1.82, 2.24) is 0 Å². The fourth-order valence-electron chi connectivity index (χ4n) is 1.84. The third-order valence-corrected chi connectivity index (χ3v) is 2.42. The van der Waals surface area contributed by atoms with E-state index in [4.69, 9.17) is 0 Å². The van der Waals surface area contributed by atoms with Gasteiger partial charge in [-0.3, -0.25) is 0 Å². The zero-order chi connectivity index (χ0) is 10.8. The molecule has 0 N–H and O–H groups in total. The van der Waals surface area contributed by atoms with Gasteiger partial charge in [0.15, 0.2) is 0 Å². The van der Waals surface area contributed by atoms with Crippen molar-refractivity contribution in [3.63, 3.8) is 0 Å². The summed E-state index contributed by atoms with van der Waals surface area (Å²) in [6, 6.07) is 13.3. The molecule has 2 heteroatoms. The topological polar surface area (TPSA) is 23.1 Å². The average Bonchev–Trinajstić information content (AvgIpc) is 2.16. The van der Waals surface area contributed by atoms with Crippen LogP contribution in [0.1, 0.15) is 11.1 Å². The second-order valence-electron chi connectivity index (χ2n) is 3.87. The molecule has 16 heavy (non-hydrogen) atoms. The van der Waals surface area contributed by atoms with Crippen LogP contribution in [0.25, 0.3) is 11.1 Å². The van der Waals surface area contributed by atoms with Gasteiger partial charge >= 0.3 is 18.9 Å². The minimum absolute atomic E-state index is 0. The van der Waals surface area contributed by atoms with Crippen LogP contribution in [-0.4, -0.2) is 0 Å². The SMILES string of the molecule is Cc1cc(C)cc(-c2ccccc2[O-])c1.[Li+]. The van der Waals surface area contributed by atoms with Gasteiger partial charge in [0.1, 0.15) is 0 Å². The van der Waals surface area contributed by atoms with Gasteiger partial charge in [-0.15, -0.1) is 5.75 Å². The molecule has 0 amide bonds. The minimum Gasteiger partial charge on any atom is -0.872 e. The minimum atomic E-state index is 0. The van der Waals surface area contributed by atoms with Crippen LogP contribution in [0, 0.1) is 13.8 Å². The largest absolute Gasteiger partial charge is 1.00 e. The summed E-state index contributed by atoms with van der Waals surface area (Å²) in [5.41, 5.74) is 4.17. The van der Waals surface area contributed by atoms with E-state index in [0.717, 1.165) is 11.1 Å². The first-order valence-corrected chi connectivity index (χ1v) is 5.01. The fourth-order valence-corrected chi connectivity index (χ4v) is 1.84. The Morgan fingerprint density at radius 3 is 2.00 bits per heavy atom. The summed E-state index contributed by atoms with van der Waals surface area (Å²) in [5.74, 6) is 0.0856. The fraction of sp³-hybridized carbons (Fsp3) is 0.143. The Morgan fingerprint density at radius 1 is 0.875 bits per heavy atom. The molecule has 0 saturated carbocycles. The van der Waals surface area contributed by atoms with E-state index < -0.39 is 0 Å². The van der Waals surface area contributed by atoms with Crippen LogP contribution in [0.2, 0.25) is 0 Å². The monoisotopic (exact) mass is 204 g/mol. The van der Waals surface area contributed by atoms with Crippen molar-refractivity contribution in [2.45, 2.75) is 13.8 Å². The van der Waals surface area contributed by atoms with Crippen LogP contribution in [-0.2, 0) is 0 Å². The van der Waals surface area contributed by atoms with E-state index in [2.05, 4.69) is 6.07 Å². The maximum absolute atomic E-state index is 11.6. The molecule has 76 valence electrons. The van der Waals surface area contributed by atoms with Crippen LogP contribution in [0.15, 0.2) is 42.5 Å². The van der Waals surface area contributed by atoms with E-state index in [1.54, 1.807) is 12.1 Å². The molecule has 2 aromatic carbocycles. The van der Waals surface area contributed by atoms with Gasteiger partial charge in [-0.2, -0.15) is 0 Å². The Balaban J connectivity index is 0.00000128. The van der Waals surface area contributed by atoms with Gasteiger partial charge in [0, 0.05) is 0 Å². The molecule has 2 aromatic rings. The van der Waals surface area contributed by atoms with Gasteiger partial charge < -0.3 is 5.11 Å². The number of hydrogen-bond donors (Lipinski definition) is 0. The molecule has 0 spiro atoms. The molecular weight excluding hydrogens is 191 g/mol. The third kappa shape index (κ3) is 2.69. The number of benzene rings is 2. The Kier molecular flexibility index (Phi) is 4.24. The molecule has 0 aliphatic heterocycles. The number of hydrogen-bond acceptors (Lipinski definition) is 1. The number of para-hydroxylation sites is 1. The van der Waals surface area contributed by atoms with E-state index in [0.29, 0.717) is 0 Å². The van der Waals surface area contributed by atoms with Crippen LogP contribution < -0.4 is 24.0 Å². The van der Waals surface area contributed by atoms with Crippen LogP contribution in [0.3, 0.4) is 0 Å². The third-order valence-electron chi connectivity index (χ3n) is 2.42. The summed E-state index contributed by atoms with van der Waals surface area (Å²) in [4.78, 5) is 0. The van der Waals surface area contributed by atoms with E-state index in [1.165, 1.54) is 11.1 Å². The van der Waals surface area contributed by atoms with E-state index in [1.807, 2.05) is 38.1 Å². The van der Waals surface area contributed by atoms with Crippen molar-refractivity contribution in [2.24, 2.45) is 0 Å². The normalized spacial score (nSPS) is 9.62. The maximum Gasteiger partial charge on any atom is 1.00 e. The van der Waals surface area contributed by atoms with Crippen molar-refractivity contribution in [2.75, 3.05) is 0 Å². The first-order valence-electron chi connectivity index (χ1n) is 5.01. The molecule has 2 rings (SSSR count). The average molecular weight is 204 g/mol. The van der Waals surface area contributed by atoms with Crippen LogP contribution in [0.4, 0.5) is 0 Å². The van der Waals surface area contributed by atoms with Crippen molar-refractivity contribution < 1.29 is 24.0 Å². The Morgan fingerprint density at radius 2 is 1.44 bits per heavy atom. The molecule has 0 saturated heterocycles. The van der Waals surface area contributed by atoms with Crippen LogP contribution in [0.5, 0.6) is 5.75 Å². The predicted octanol–water partition coefficient (Wildman–Crippen LogP) is 0.0480. The molecule has 0 aliphatic carbocycles. The summed E-state index contributed by atoms with van der Waals surface area (Å²) in [6.07, 6.45) is 0. The van der Waals surface area contributed by atoms with Crippen molar-refractivity contribution in [3.8, 4) is 16.9 Å². The molecule has 0 heterocycles. The molecule has 0 aromatic heterocycles. The molecular formula is C14H13LiO. The summed E-state index contributed by atoms with van der Waals surface area (Å²) < 4.78 is 0. The first-order chi connectivity index (χ1) is 7.16. The summed E-state index contributed by atoms with van der Waals surface area (Å²) >= 11 is 0. The Hall–Kier alpha value is -1.16. The molecule has 0 aliphatic rings. The van der Waals surface area contributed by atoms with Gasteiger partial charge in [0.2, 0.25) is 0 Å². The Bertz CT molecular complexity index is 472. The standard InChI is InChI=1S/C14H14O.Li/c1-10-7-11(2)9-12(8-10)13-5-3-4-6-14(13)15;/h3-9,15H,1-2H3;/q;+1/p-1. The second kappa shape index (κ2) is 5.25. The predicted molar refractivity (Wildman–Crippen MR) is 60.8 cm³/mol. The van der Waals surface area contributed by atoms with Crippen LogP contribution >= 0.6 is 0 Å². The Labute approximate surface area is 108 Å². The van der Waals surface area contributed by atoms with E-state index in [9.17, 15) is 5.11 Å². The zero-order valence-corrected chi connectivity index (χ0v) is 9.95. The van der Waals surface area contributed by atoms with Crippen molar-refractivity contribution in [1.29, 1.82) is 0 Å². The van der Waals surface area contributed by atoms with Gasteiger partial charge in [-0.25, -0.2) is 0 Å². The van der Waals surface area contributed by atoms with E-state index in [-0.39, 0.29) is 24.6 Å². The molecule has 0 fully saturated rings. The maximum atomic E-state index is 11.6.